The summed E-state index contributed by atoms with van der Waals surface area (Å²) in [6.07, 6.45) is 1.60. The average Bonchev–Trinajstić information content (AvgIpc) is 3.11. The highest BCUT2D eigenvalue weighted by Gasteiger charge is 2.23. The monoisotopic (exact) mass is 379 g/mol. The number of sulfonamides is 1. The fourth-order valence-electron chi connectivity index (χ4n) is 3.01. The highest BCUT2D eigenvalue weighted by molar-refractivity contribution is 7.89. The van der Waals surface area contributed by atoms with Crippen molar-refractivity contribution >= 4 is 15.9 Å². The molecule has 2 rings (SSSR count). The third-order valence-electron chi connectivity index (χ3n) is 4.42. The minimum atomic E-state index is -3.88. The van der Waals surface area contributed by atoms with Crippen molar-refractivity contribution in [2.75, 3.05) is 19.6 Å². The topological polar surface area (TPSA) is 106 Å². The SMILES string of the molecule is CCN(CC)C(CNC(=O)c1cccc(S(N)(=O)=O)c1C)c1ccco1. The fourth-order valence-corrected chi connectivity index (χ4v) is 3.81. The average molecular weight is 379 g/mol. The van der Waals surface area contributed by atoms with Gasteiger partial charge in [0.2, 0.25) is 10.0 Å². The van der Waals surface area contributed by atoms with Crippen molar-refractivity contribution in [3.05, 3.63) is 53.5 Å². The first kappa shape index (κ1) is 20.2. The smallest absolute Gasteiger partial charge is 0.251 e. The molecule has 0 saturated carbocycles. The zero-order valence-electron chi connectivity index (χ0n) is 15.2. The third kappa shape index (κ3) is 4.51. The maximum Gasteiger partial charge on any atom is 0.251 e. The molecule has 1 atom stereocenters. The normalized spacial score (nSPS) is 13.0. The molecule has 2 aromatic rings. The molecule has 0 aliphatic heterocycles. The standard InChI is InChI=1S/C18H25N3O4S/c1-4-21(5-2)15(16-9-7-11-25-16)12-20-18(22)14-8-6-10-17(13(14)3)26(19,23)24/h6-11,15H,4-5,12H2,1-3H3,(H,20,22)(H2,19,23,24). The fraction of sp³-hybridized carbons (Fsp3) is 0.389. The Hall–Kier alpha value is -2.16. The van der Waals surface area contributed by atoms with Crippen LogP contribution in [0.15, 0.2) is 45.9 Å². The molecule has 0 bridgehead atoms. The summed E-state index contributed by atoms with van der Waals surface area (Å²) in [4.78, 5) is 14.8. The van der Waals surface area contributed by atoms with Gasteiger partial charge in [-0.2, -0.15) is 0 Å². The van der Waals surface area contributed by atoms with Gasteiger partial charge in [0.15, 0.2) is 0 Å². The number of nitrogens with two attached hydrogens (primary N) is 1. The number of hydrogen-bond acceptors (Lipinski definition) is 5. The number of furan rings is 1. The van der Waals surface area contributed by atoms with E-state index < -0.39 is 10.0 Å². The Bertz CT molecular complexity index is 843. The molecule has 1 unspecified atom stereocenters. The molecule has 0 radical (unpaired) electrons. The Morgan fingerprint density at radius 3 is 2.46 bits per heavy atom. The van der Waals surface area contributed by atoms with Crippen molar-refractivity contribution in [3.63, 3.8) is 0 Å². The zero-order chi connectivity index (χ0) is 19.3. The van der Waals surface area contributed by atoms with Crippen LogP contribution in [-0.4, -0.2) is 38.9 Å². The molecule has 26 heavy (non-hydrogen) atoms. The summed E-state index contributed by atoms with van der Waals surface area (Å²) in [7, 11) is -3.88. The van der Waals surface area contributed by atoms with Crippen molar-refractivity contribution in [1.82, 2.24) is 10.2 Å². The number of benzene rings is 1. The summed E-state index contributed by atoms with van der Waals surface area (Å²) >= 11 is 0. The Morgan fingerprint density at radius 2 is 1.92 bits per heavy atom. The Labute approximate surface area is 154 Å². The van der Waals surface area contributed by atoms with E-state index in [-0.39, 0.29) is 22.4 Å². The largest absolute Gasteiger partial charge is 0.468 e. The predicted molar refractivity (Wildman–Crippen MR) is 99.3 cm³/mol. The first-order valence-electron chi connectivity index (χ1n) is 8.47. The molecule has 142 valence electrons. The maximum absolute atomic E-state index is 12.6. The summed E-state index contributed by atoms with van der Waals surface area (Å²) in [5.74, 6) is 0.417. The van der Waals surface area contributed by atoms with Crippen LogP contribution in [0.5, 0.6) is 0 Å². The molecule has 1 heterocycles. The van der Waals surface area contributed by atoms with E-state index in [1.165, 1.54) is 12.1 Å². The Kier molecular flexibility index (Phi) is 6.57. The van der Waals surface area contributed by atoms with Crippen LogP contribution in [0.4, 0.5) is 0 Å². The third-order valence-corrected chi connectivity index (χ3v) is 5.47. The van der Waals surface area contributed by atoms with Crippen molar-refractivity contribution in [1.29, 1.82) is 0 Å². The number of carbonyl (C=O) groups excluding carboxylic acids is 1. The molecule has 1 aromatic heterocycles. The number of likely N-dealkylation sites (N-methyl/N-ethyl adjacent to an activating group) is 1. The summed E-state index contributed by atoms with van der Waals surface area (Å²) in [6, 6.07) is 8.07. The molecule has 1 aromatic carbocycles. The lowest BCUT2D eigenvalue weighted by atomic mass is 10.1. The van der Waals surface area contributed by atoms with E-state index in [9.17, 15) is 13.2 Å². The maximum atomic E-state index is 12.6. The van der Waals surface area contributed by atoms with E-state index in [0.29, 0.717) is 12.1 Å². The van der Waals surface area contributed by atoms with Crippen LogP contribution in [-0.2, 0) is 10.0 Å². The Balaban J connectivity index is 2.21. The molecule has 0 aliphatic rings. The van der Waals surface area contributed by atoms with E-state index in [0.717, 1.165) is 18.8 Å². The highest BCUT2D eigenvalue weighted by atomic mass is 32.2. The molecule has 3 N–H and O–H groups in total. The molecule has 1 amide bonds. The molecule has 0 aliphatic carbocycles. The molecular weight excluding hydrogens is 354 g/mol. The van der Waals surface area contributed by atoms with Crippen LogP contribution in [0.25, 0.3) is 0 Å². The van der Waals surface area contributed by atoms with Gasteiger partial charge < -0.3 is 9.73 Å². The number of nitrogens with one attached hydrogen (secondary N) is 1. The van der Waals surface area contributed by atoms with Gasteiger partial charge in [0.25, 0.3) is 5.91 Å². The van der Waals surface area contributed by atoms with Crippen LogP contribution in [0.1, 0.15) is 41.6 Å². The van der Waals surface area contributed by atoms with Gasteiger partial charge >= 0.3 is 0 Å². The summed E-state index contributed by atoms with van der Waals surface area (Å²) in [5.41, 5.74) is 0.624. The molecule has 0 saturated heterocycles. The summed E-state index contributed by atoms with van der Waals surface area (Å²) in [5, 5.41) is 8.09. The minimum absolute atomic E-state index is 0.0449. The molecule has 0 fully saturated rings. The molecule has 8 heteroatoms. The number of hydrogen-bond donors (Lipinski definition) is 2. The molecular formula is C18H25N3O4S. The van der Waals surface area contributed by atoms with Crippen LogP contribution in [0.3, 0.4) is 0 Å². The van der Waals surface area contributed by atoms with E-state index >= 15 is 0 Å². The van der Waals surface area contributed by atoms with E-state index in [4.69, 9.17) is 9.56 Å². The van der Waals surface area contributed by atoms with Gasteiger partial charge in [-0.25, -0.2) is 13.6 Å². The summed E-state index contributed by atoms with van der Waals surface area (Å²) < 4.78 is 28.8. The van der Waals surface area contributed by atoms with Crippen molar-refractivity contribution in [2.45, 2.75) is 31.7 Å². The molecule has 7 nitrogen and oxygen atoms in total. The van der Waals surface area contributed by atoms with Gasteiger partial charge in [0.1, 0.15) is 5.76 Å². The van der Waals surface area contributed by atoms with Crippen LogP contribution >= 0.6 is 0 Å². The second-order valence-electron chi connectivity index (χ2n) is 5.94. The van der Waals surface area contributed by atoms with Crippen molar-refractivity contribution in [2.24, 2.45) is 5.14 Å². The first-order valence-corrected chi connectivity index (χ1v) is 10.0. The lowest BCUT2D eigenvalue weighted by Gasteiger charge is -2.28. The lowest BCUT2D eigenvalue weighted by Crippen LogP contribution is -2.38. The zero-order valence-corrected chi connectivity index (χ0v) is 16.0. The van der Waals surface area contributed by atoms with Gasteiger partial charge in [-0.05, 0) is 49.8 Å². The number of carbonyl (C=O) groups is 1. The minimum Gasteiger partial charge on any atom is -0.468 e. The predicted octanol–water partition coefficient (Wildman–Crippen LogP) is 2.05. The second kappa shape index (κ2) is 8.48. The first-order chi connectivity index (χ1) is 12.3. The number of primary sulfonamides is 1. The van der Waals surface area contributed by atoms with Gasteiger partial charge in [0, 0.05) is 12.1 Å². The van der Waals surface area contributed by atoms with Gasteiger partial charge in [-0.1, -0.05) is 19.9 Å². The Morgan fingerprint density at radius 1 is 1.23 bits per heavy atom. The lowest BCUT2D eigenvalue weighted by molar-refractivity contribution is 0.0929. The number of amides is 1. The van der Waals surface area contributed by atoms with E-state index in [1.54, 1.807) is 19.3 Å². The van der Waals surface area contributed by atoms with Crippen LogP contribution in [0, 0.1) is 6.92 Å². The van der Waals surface area contributed by atoms with Crippen molar-refractivity contribution in [3.8, 4) is 0 Å². The van der Waals surface area contributed by atoms with Gasteiger partial charge in [0.05, 0.1) is 17.2 Å². The second-order valence-corrected chi connectivity index (χ2v) is 7.47. The summed E-state index contributed by atoms with van der Waals surface area (Å²) in [6.45, 7) is 7.60. The van der Waals surface area contributed by atoms with E-state index in [2.05, 4.69) is 10.2 Å². The quantitative estimate of drug-likeness (QED) is 0.730. The van der Waals surface area contributed by atoms with Crippen molar-refractivity contribution < 1.29 is 17.6 Å². The van der Waals surface area contributed by atoms with Crippen LogP contribution in [0.2, 0.25) is 0 Å². The van der Waals surface area contributed by atoms with E-state index in [1.807, 2.05) is 26.0 Å². The number of rotatable bonds is 8. The highest BCUT2D eigenvalue weighted by Crippen LogP contribution is 2.21. The van der Waals surface area contributed by atoms with Gasteiger partial charge in [-0.15, -0.1) is 0 Å². The number of nitrogens with zero attached hydrogens (tertiary/aromatic N) is 1. The van der Waals surface area contributed by atoms with Gasteiger partial charge in [-0.3, -0.25) is 9.69 Å². The molecule has 0 spiro atoms. The van der Waals surface area contributed by atoms with Crippen LogP contribution < -0.4 is 10.5 Å².